The second-order valence-corrected chi connectivity index (χ2v) is 9.86. The molecule has 0 bridgehead atoms. The molecule has 30 heavy (non-hydrogen) atoms. The summed E-state index contributed by atoms with van der Waals surface area (Å²) in [5, 5.41) is 0. The average molecular weight is 417 g/mol. The van der Waals surface area contributed by atoms with Crippen LogP contribution in [0.4, 0.5) is 0 Å². The normalized spacial score (nSPS) is 14.0. The molecule has 172 valence electrons. The summed E-state index contributed by atoms with van der Waals surface area (Å²) < 4.78 is 12.7. The van der Waals surface area contributed by atoms with Crippen LogP contribution in [0.1, 0.15) is 93.1 Å². The van der Waals surface area contributed by atoms with Crippen molar-refractivity contribution >= 4 is 5.57 Å². The molecule has 0 fully saturated rings. The molecule has 2 atom stereocenters. The fourth-order valence-electron chi connectivity index (χ4n) is 4.25. The summed E-state index contributed by atoms with van der Waals surface area (Å²) >= 11 is 0. The first-order chi connectivity index (χ1) is 14.2. The van der Waals surface area contributed by atoms with Crippen molar-refractivity contribution in [1.82, 2.24) is 0 Å². The van der Waals surface area contributed by atoms with Gasteiger partial charge in [0.25, 0.3) is 0 Å². The van der Waals surface area contributed by atoms with Gasteiger partial charge in [0.15, 0.2) is 6.29 Å². The third-order valence-corrected chi connectivity index (χ3v) is 6.47. The summed E-state index contributed by atoms with van der Waals surface area (Å²) in [5.41, 5.74) is 2.35. The van der Waals surface area contributed by atoms with Crippen molar-refractivity contribution in [2.75, 3.05) is 6.61 Å². The zero-order chi connectivity index (χ0) is 22.7. The third-order valence-electron chi connectivity index (χ3n) is 6.47. The number of ether oxygens (including phenoxy) is 2. The molecule has 0 radical (unpaired) electrons. The minimum atomic E-state index is -0.196. The Bertz CT molecular complexity index is 577. The van der Waals surface area contributed by atoms with Gasteiger partial charge < -0.3 is 9.47 Å². The average Bonchev–Trinajstić information content (AvgIpc) is 2.70. The molecule has 2 heteroatoms. The summed E-state index contributed by atoms with van der Waals surface area (Å²) in [6.07, 6.45) is 5.61. The predicted molar refractivity (Wildman–Crippen MR) is 132 cm³/mol. The molecule has 0 saturated heterocycles. The van der Waals surface area contributed by atoms with Crippen LogP contribution in [0.2, 0.25) is 0 Å². The minimum Gasteiger partial charge on any atom is -0.465 e. The van der Waals surface area contributed by atoms with Crippen LogP contribution in [-0.2, 0) is 4.74 Å². The van der Waals surface area contributed by atoms with E-state index in [1.54, 1.807) is 0 Å². The van der Waals surface area contributed by atoms with Gasteiger partial charge in [0.1, 0.15) is 5.75 Å². The number of hydrogen-bond acceptors (Lipinski definition) is 2. The van der Waals surface area contributed by atoms with Crippen molar-refractivity contribution in [1.29, 1.82) is 0 Å². The molecule has 0 aliphatic heterocycles. The molecule has 2 nitrogen and oxygen atoms in total. The molecule has 0 spiro atoms. The SMILES string of the molecule is C=C(c1ccc(OC(CC(C(C)C)C(C)C)OCCC(CC)CCC)cc1)C(C)C. The number of hydrogen-bond donors (Lipinski definition) is 0. The zero-order valence-electron chi connectivity index (χ0n) is 21.0. The highest BCUT2D eigenvalue weighted by molar-refractivity contribution is 5.65. The van der Waals surface area contributed by atoms with Gasteiger partial charge in [0.2, 0.25) is 0 Å². The summed E-state index contributed by atoms with van der Waals surface area (Å²) in [6, 6.07) is 8.35. The van der Waals surface area contributed by atoms with Gasteiger partial charge in [0, 0.05) is 6.42 Å². The topological polar surface area (TPSA) is 18.5 Å². The number of rotatable bonds is 15. The zero-order valence-corrected chi connectivity index (χ0v) is 21.0. The molecule has 2 unspecified atom stereocenters. The Hall–Kier alpha value is -1.28. The second kappa shape index (κ2) is 13.9. The van der Waals surface area contributed by atoms with Crippen molar-refractivity contribution in [2.45, 2.75) is 93.8 Å². The quantitative estimate of drug-likeness (QED) is 0.266. The number of benzene rings is 1. The van der Waals surface area contributed by atoms with Gasteiger partial charge in [-0.1, -0.05) is 93.4 Å². The fourth-order valence-corrected chi connectivity index (χ4v) is 4.25. The van der Waals surface area contributed by atoms with E-state index >= 15 is 0 Å². The summed E-state index contributed by atoms with van der Waals surface area (Å²) in [4.78, 5) is 0. The van der Waals surface area contributed by atoms with Crippen LogP contribution in [0.15, 0.2) is 30.8 Å². The van der Waals surface area contributed by atoms with E-state index in [0.717, 1.165) is 36.7 Å². The van der Waals surface area contributed by atoms with Crippen LogP contribution < -0.4 is 4.74 Å². The molecular formula is C28H48O2. The van der Waals surface area contributed by atoms with E-state index in [2.05, 4.69) is 86.2 Å². The van der Waals surface area contributed by atoms with Gasteiger partial charge in [-0.25, -0.2) is 0 Å². The highest BCUT2D eigenvalue weighted by Crippen LogP contribution is 2.29. The molecule has 0 amide bonds. The summed E-state index contributed by atoms with van der Waals surface area (Å²) in [6.45, 7) is 23.1. The van der Waals surface area contributed by atoms with Gasteiger partial charge in [0.05, 0.1) is 6.61 Å². The van der Waals surface area contributed by atoms with Crippen LogP contribution in [0, 0.1) is 29.6 Å². The van der Waals surface area contributed by atoms with E-state index in [-0.39, 0.29) is 6.29 Å². The van der Waals surface area contributed by atoms with E-state index in [4.69, 9.17) is 9.47 Å². The molecule has 0 saturated carbocycles. The van der Waals surface area contributed by atoms with Crippen molar-refractivity contribution < 1.29 is 9.47 Å². The van der Waals surface area contributed by atoms with Crippen molar-refractivity contribution in [3.05, 3.63) is 36.4 Å². The van der Waals surface area contributed by atoms with Gasteiger partial charge in [-0.15, -0.1) is 0 Å². The maximum Gasteiger partial charge on any atom is 0.200 e. The Morgan fingerprint density at radius 3 is 1.97 bits per heavy atom. The van der Waals surface area contributed by atoms with Crippen LogP contribution in [-0.4, -0.2) is 12.9 Å². The molecule has 1 aromatic rings. The molecule has 0 aromatic heterocycles. The number of allylic oxidation sites excluding steroid dienone is 1. The lowest BCUT2D eigenvalue weighted by Crippen LogP contribution is -2.29. The van der Waals surface area contributed by atoms with Gasteiger partial charge in [-0.05, 0) is 59.3 Å². The van der Waals surface area contributed by atoms with Crippen LogP contribution in [0.25, 0.3) is 5.57 Å². The molecule has 1 rings (SSSR count). The molecule has 0 aliphatic rings. The van der Waals surface area contributed by atoms with Crippen molar-refractivity contribution in [2.24, 2.45) is 29.6 Å². The Morgan fingerprint density at radius 1 is 0.900 bits per heavy atom. The Labute approximate surface area is 187 Å². The molecular weight excluding hydrogens is 368 g/mol. The largest absolute Gasteiger partial charge is 0.465 e. The van der Waals surface area contributed by atoms with Crippen LogP contribution >= 0.6 is 0 Å². The molecule has 1 aromatic carbocycles. The van der Waals surface area contributed by atoms with E-state index in [0.29, 0.717) is 23.7 Å². The predicted octanol–water partition coefficient (Wildman–Crippen LogP) is 8.61. The monoisotopic (exact) mass is 416 g/mol. The Balaban J connectivity index is 2.84. The van der Waals surface area contributed by atoms with Crippen molar-refractivity contribution in [3.8, 4) is 5.75 Å². The van der Waals surface area contributed by atoms with E-state index < -0.39 is 0 Å². The highest BCUT2D eigenvalue weighted by Gasteiger charge is 2.24. The second-order valence-electron chi connectivity index (χ2n) is 9.86. The lowest BCUT2D eigenvalue weighted by molar-refractivity contribution is -0.102. The smallest absolute Gasteiger partial charge is 0.200 e. The summed E-state index contributed by atoms with van der Waals surface area (Å²) in [5.74, 6) is 3.88. The molecule has 0 N–H and O–H groups in total. The highest BCUT2D eigenvalue weighted by atomic mass is 16.7. The molecule has 0 heterocycles. The van der Waals surface area contributed by atoms with Gasteiger partial charge in [-0.2, -0.15) is 0 Å². The third kappa shape index (κ3) is 9.25. The lowest BCUT2D eigenvalue weighted by atomic mass is 9.83. The first-order valence-corrected chi connectivity index (χ1v) is 12.3. The van der Waals surface area contributed by atoms with Gasteiger partial charge >= 0.3 is 0 Å². The first kappa shape index (κ1) is 26.8. The minimum absolute atomic E-state index is 0.196. The van der Waals surface area contributed by atoms with Gasteiger partial charge in [-0.3, -0.25) is 0 Å². The van der Waals surface area contributed by atoms with E-state index in [1.807, 2.05) is 0 Å². The van der Waals surface area contributed by atoms with Crippen LogP contribution in [0.3, 0.4) is 0 Å². The maximum absolute atomic E-state index is 6.36. The standard InChI is InChI=1S/C28H48O2/c1-10-12-24(11-2)17-18-29-28(19-27(21(5)6)22(7)8)30-26-15-13-25(14-16-26)23(9)20(3)4/h13-16,20-22,24,27-28H,9-12,17-19H2,1-8H3. The fraction of sp³-hybridized carbons (Fsp3) is 0.714. The van der Waals surface area contributed by atoms with E-state index in [1.165, 1.54) is 24.8 Å². The molecule has 0 aliphatic carbocycles. The Kier molecular flexibility index (Phi) is 12.4. The maximum atomic E-state index is 6.36. The summed E-state index contributed by atoms with van der Waals surface area (Å²) in [7, 11) is 0. The Morgan fingerprint density at radius 2 is 1.50 bits per heavy atom. The van der Waals surface area contributed by atoms with E-state index in [9.17, 15) is 0 Å². The van der Waals surface area contributed by atoms with Crippen LogP contribution in [0.5, 0.6) is 5.75 Å². The first-order valence-electron chi connectivity index (χ1n) is 12.3. The lowest BCUT2D eigenvalue weighted by Gasteiger charge is -2.30. The van der Waals surface area contributed by atoms with Crippen molar-refractivity contribution in [3.63, 3.8) is 0 Å².